The Bertz CT molecular complexity index is 812. The summed E-state index contributed by atoms with van der Waals surface area (Å²) in [6.45, 7) is 8.04. The number of aryl methyl sites for hydroxylation is 4. The molecule has 0 aromatic heterocycles. The van der Waals surface area contributed by atoms with E-state index in [1.165, 1.54) is 47.1 Å². The van der Waals surface area contributed by atoms with Crippen LogP contribution in [0, 0.1) is 13.8 Å². The number of ether oxygens (including phenoxy) is 1. The van der Waals surface area contributed by atoms with Crippen molar-refractivity contribution in [2.75, 3.05) is 0 Å². The highest BCUT2D eigenvalue weighted by Crippen LogP contribution is 2.26. The molecule has 0 saturated heterocycles. The molecule has 3 heteroatoms. The topological polar surface area (TPSA) is 38.3 Å². The Morgan fingerprint density at radius 2 is 1.78 bits per heavy atom. The predicted octanol–water partition coefficient (Wildman–Crippen LogP) is 5.22. The van der Waals surface area contributed by atoms with Crippen molar-refractivity contribution in [1.82, 2.24) is 5.32 Å². The lowest BCUT2D eigenvalue weighted by atomic mass is 9.89. The molecule has 2 aromatic rings. The van der Waals surface area contributed by atoms with E-state index in [2.05, 4.69) is 44.3 Å². The van der Waals surface area contributed by atoms with E-state index in [4.69, 9.17) is 4.74 Å². The average molecular weight is 366 g/mol. The number of nitrogens with one attached hydrogen (secondary N) is 1. The zero-order chi connectivity index (χ0) is 19.4. The molecule has 0 fully saturated rings. The molecule has 144 valence electrons. The van der Waals surface area contributed by atoms with E-state index in [0.717, 1.165) is 18.6 Å². The van der Waals surface area contributed by atoms with Crippen LogP contribution in [-0.2, 0) is 17.6 Å². The minimum absolute atomic E-state index is 0.0236. The summed E-state index contributed by atoms with van der Waals surface area (Å²) in [5.74, 6) is 0.667. The van der Waals surface area contributed by atoms with Gasteiger partial charge < -0.3 is 10.1 Å². The number of amides is 1. The lowest BCUT2D eigenvalue weighted by molar-refractivity contribution is -0.128. The van der Waals surface area contributed by atoms with Crippen molar-refractivity contribution >= 4 is 5.91 Å². The van der Waals surface area contributed by atoms with Gasteiger partial charge in [-0.2, -0.15) is 0 Å². The monoisotopic (exact) mass is 365 g/mol. The molecule has 0 bridgehead atoms. The van der Waals surface area contributed by atoms with Gasteiger partial charge in [0, 0.05) is 0 Å². The van der Waals surface area contributed by atoms with Crippen LogP contribution >= 0.6 is 0 Å². The van der Waals surface area contributed by atoms with E-state index in [9.17, 15) is 4.79 Å². The fraction of sp³-hybridized carbons (Fsp3) is 0.458. The van der Waals surface area contributed by atoms with Gasteiger partial charge in [0.1, 0.15) is 5.75 Å². The van der Waals surface area contributed by atoms with Crippen molar-refractivity contribution in [3.8, 4) is 5.75 Å². The Morgan fingerprint density at radius 1 is 1.04 bits per heavy atom. The number of rotatable bonds is 6. The molecule has 2 unspecified atom stereocenters. The van der Waals surface area contributed by atoms with Crippen molar-refractivity contribution in [2.45, 2.75) is 71.9 Å². The van der Waals surface area contributed by atoms with Crippen LogP contribution in [0.25, 0.3) is 0 Å². The highest BCUT2D eigenvalue weighted by atomic mass is 16.5. The summed E-state index contributed by atoms with van der Waals surface area (Å²) in [5.41, 5.74) is 6.51. The Balaban J connectivity index is 1.66. The van der Waals surface area contributed by atoms with Gasteiger partial charge in [-0.15, -0.1) is 0 Å². The highest BCUT2D eigenvalue weighted by Gasteiger charge is 2.20. The van der Waals surface area contributed by atoms with Crippen LogP contribution in [0.2, 0.25) is 0 Å². The van der Waals surface area contributed by atoms with Crippen molar-refractivity contribution < 1.29 is 9.53 Å². The van der Waals surface area contributed by atoms with Gasteiger partial charge in [0.25, 0.3) is 5.91 Å². The Labute approximate surface area is 163 Å². The van der Waals surface area contributed by atoms with E-state index < -0.39 is 6.10 Å². The fourth-order valence-corrected chi connectivity index (χ4v) is 3.73. The lowest BCUT2D eigenvalue weighted by Crippen LogP contribution is -2.38. The fourth-order valence-electron chi connectivity index (χ4n) is 3.73. The summed E-state index contributed by atoms with van der Waals surface area (Å²) in [6, 6.07) is 12.7. The molecule has 0 spiro atoms. The zero-order valence-corrected chi connectivity index (χ0v) is 17.0. The third-order valence-corrected chi connectivity index (χ3v) is 5.66. The number of carbonyl (C=O) groups excluding carboxylic acids is 1. The molecule has 1 N–H and O–H groups in total. The van der Waals surface area contributed by atoms with E-state index in [-0.39, 0.29) is 11.9 Å². The third-order valence-electron chi connectivity index (χ3n) is 5.66. The second-order valence-electron chi connectivity index (χ2n) is 7.71. The molecule has 1 aliphatic rings. The summed E-state index contributed by atoms with van der Waals surface area (Å²) < 4.78 is 5.87. The van der Waals surface area contributed by atoms with Crippen LogP contribution in [0.1, 0.15) is 67.0 Å². The van der Waals surface area contributed by atoms with E-state index >= 15 is 0 Å². The first-order valence-electron chi connectivity index (χ1n) is 10.1. The average Bonchev–Trinajstić information content (AvgIpc) is 2.68. The second-order valence-corrected chi connectivity index (χ2v) is 7.71. The number of fused-ring (bicyclic) bond motifs is 1. The van der Waals surface area contributed by atoms with Gasteiger partial charge in [0.15, 0.2) is 6.10 Å². The van der Waals surface area contributed by atoms with Gasteiger partial charge in [-0.05, 0) is 92.8 Å². The van der Waals surface area contributed by atoms with Crippen LogP contribution in [0.15, 0.2) is 36.4 Å². The molecule has 0 aliphatic heterocycles. The maximum Gasteiger partial charge on any atom is 0.261 e. The minimum atomic E-state index is -0.529. The largest absolute Gasteiger partial charge is 0.481 e. The molecule has 2 aromatic carbocycles. The molecule has 2 atom stereocenters. The maximum atomic E-state index is 12.7. The van der Waals surface area contributed by atoms with Crippen molar-refractivity contribution in [3.05, 3.63) is 64.2 Å². The first-order valence-corrected chi connectivity index (χ1v) is 10.1. The number of hydrogen-bond acceptors (Lipinski definition) is 2. The molecule has 1 amide bonds. The van der Waals surface area contributed by atoms with Gasteiger partial charge in [-0.3, -0.25) is 4.79 Å². The van der Waals surface area contributed by atoms with Crippen molar-refractivity contribution in [3.63, 3.8) is 0 Å². The third kappa shape index (κ3) is 4.71. The maximum absolute atomic E-state index is 12.7. The SMILES string of the molecule is CCC(NC(=O)C(C)Oc1ccc(C)c(C)c1)c1ccc2c(c1)CCCC2. The van der Waals surface area contributed by atoms with Gasteiger partial charge in [0.2, 0.25) is 0 Å². The van der Waals surface area contributed by atoms with Crippen molar-refractivity contribution in [1.29, 1.82) is 0 Å². The minimum Gasteiger partial charge on any atom is -0.481 e. The van der Waals surface area contributed by atoms with E-state index in [1.54, 1.807) is 0 Å². The number of carbonyl (C=O) groups is 1. The Hall–Kier alpha value is -2.29. The van der Waals surface area contributed by atoms with Gasteiger partial charge in [-0.1, -0.05) is 31.2 Å². The van der Waals surface area contributed by atoms with Crippen LogP contribution in [-0.4, -0.2) is 12.0 Å². The van der Waals surface area contributed by atoms with Crippen LogP contribution < -0.4 is 10.1 Å². The predicted molar refractivity (Wildman–Crippen MR) is 110 cm³/mol. The van der Waals surface area contributed by atoms with Gasteiger partial charge >= 0.3 is 0 Å². The molecule has 27 heavy (non-hydrogen) atoms. The zero-order valence-electron chi connectivity index (χ0n) is 17.0. The summed E-state index contributed by atoms with van der Waals surface area (Å²) in [6.07, 6.45) is 5.22. The summed E-state index contributed by atoms with van der Waals surface area (Å²) in [7, 11) is 0. The molecule has 3 rings (SSSR count). The van der Waals surface area contributed by atoms with Gasteiger partial charge in [-0.25, -0.2) is 0 Å². The first kappa shape index (κ1) is 19.5. The molecule has 0 radical (unpaired) electrons. The van der Waals surface area contributed by atoms with Crippen LogP contribution in [0.4, 0.5) is 0 Å². The van der Waals surface area contributed by atoms with Crippen LogP contribution in [0.3, 0.4) is 0 Å². The second kappa shape index (κ2) is 8.60. The lowest BCUT2D eigenvalue weighted by Gasteiger charge is -2.23. The molecule has 3 nitrogen and oxygen atoms in total. The summed E-state index contributed by atoms with van der Waals surface area (Å²) >= 11 is 0. The molecular formula is C24H31NO2. The Morgan fingerprint density at radius 3 is 2.48 bits per heavy atom. The normalized spacial score (nSPS) is 15.6. The smallest absolute Gasteiger partial charge is 0.261 e. The number of hydrogen-bond donors (Lipinski definition) is 1. The molecular weight excluding hydrogens is 334 g/mol. The first-order chi connectivity index (χ1) is 13.0. The van der Waals surface area contributed by atoms with Crippen molar-refractivity contribution in [2.24, 2.45) is 0 Å². The molecule has 0 saturated carbocycles. The number of benzene rings is 2. The van der Waals surface area contributed by atoms with Crippen LogP contribution in [0.5, 0.6) is 5.75 Å². The van der Waals surface area contributed by atoms with Gasteiger partial charge in [0.05, 0.1) is 6.04 Å². The highest BCUT2D eigenvalue weighted by molar-refractivity contribution is 5.81. The van der Waals surface area contributed by atoms with E-state index in [1.807, 2.05) is 25.1 Å². The Kier molecular flexibility index (Phi) is 6.20. The summed E-state index contributed by atoms with van der Waals surface area (Å²) in [4.78, 5) is 12.7. The summed E-state index contributed by atoms with van der Waals surface area (Å²) in [5, 5.41) is 3.17. The van der Waals surface area contributed by atoms with E-state index in [0.29, 0.717) is 0 Å². The standard InChI is InChI=1S/C24H31NO2/c1-5-23(21-12-11-19-8-6-7-9-20(19)15-21)25-24(26)18(4)27-22-13-10-16(2)17(3)14-22/h10-15,18,23H,5-9H2,1-4H3,(H,25,26). The quantitative estimate of drug-likeness (QED) is 0.762. The molecule has 1 aliphatic carbocycles. The molecule has 0 heterocycles.